The highest BCUT2D eigenvalue weighted by molar-refractivity contribution is 6.13. The van der Waals surface area contributed by atoms with E-state index in [9.17, 15) is 10.0 Å². The van der Waals surface area contributed by atoms with Crippen LogP contribution in [0.3, 0.4) is 0 Å². The molecule has 31 heavy (non-hydrogen) atoms. The predicted molar refractivity (Wildman–Crippen MR) is 128 cm³/mol. The van der Waals surface area contributed by atoms with Crippen LogP contribution in [0, 0.1) is 5.92 Å². The van der Waals surface area contributed by atoms with Gasteiger partial charge in [0, 0.05) is 39.5 Å². The maximum Gasteiger partial charge on any atom is 0.185 e. The zero-order valence-electron chi connectivity index (χ0n) is 18.0. The zero-order valence-corrected chi connectivity index (χ0v) is 18.0. The van der Waals surface area contributed by atoms with Crippen molar-refractivity contribution in [2.45, 2.75) is 27.3 Å². The lowest BCUT2D eigenvalue weighted by Gasteiger charge is -2.09. The van der Waals surface area contributed by atoms with E-state index < -0.39 is 0 Å². The summed E-state index contributed by atoms with van der Waals surface area (Å²) >= 11 is 0. The van der Waals surface area contributed by atoms with Crippen molar-refractivity contribution < 1.29 is 10.0 Å². The molecule has 0 aliphatic rings. The molecule has 4 nitrogen and oxygen atoms in total. The number of hydrogen-bond donors (Lipinski definition) is 1. The Morgan fingerprint density at radius 1 is 0.968 bits per heavy atom. The smallest absolute Gasteiger partial charge is 0.185 e. The number of aryl methyl sites for hydroxylation is 1. The molecule has 0 spiro atoms. The average Bonchev–Trinajstić information content (AvgIpc) is 3.10. The van der Waals surface area contributed by atoms with Gasteiger partial charge in [0.05, 0.1) is 5.71 Å². The van der Waals surface area contributed by atoms with Gasteiger partial charge in [-0.15, -0.1) is 0 Å². The molecule has 156 valence electrons. The second-order valence-electron chi connectivity index (χ2n) is 7.96. The van der Waals surface area contributed by atoms with E-state index in [1.807, 2.05) is 62.4 Å². The Hall–Kier alpha value is -3.66. The molecular formula is C27H26N2O2. The summed E-state index contributed by atoms with van der Waals surface area (Å²) in [6.45, 7) is 7.02. The van der Waals surface area contributed by atoms with Crippen molar-refractivity contribution in [1.29, 1.82) is 0 Å². The number of aromatic nitrogens is 1. The summed E-state index contributed by atoms with van der Waals surface area (Å²) in [6.07, 6.45) is 3.48. The molecule has 1 aromatic heterocycles. The number of hydrogen-bond acceptors (Lipinski definition) is 3. The Morgan fingerprint density at radius 3 is 2.29 bits per heavy atom. The first-order chi connectivity index (χ1) is 15.0. The molecule has 1 heterocycles. The van der Waals surface area contributed by atoms with Crippen molar-refractivity contribution in [2.75, 3.05) is 0 Å². The van der Waals surface area contributed by atoms with E-state index >= 15 is 0 Å². The van der Waals surface area contributed by atoms with Crippen molar-refractivity contribution >= 4 is 39.4 Å². The lowest BCUT2D eigenvalue weighted by atomic mass is 9.98. The number of oxime groups is 1. The lowest BCUT2D eigenvalue weighted by molar-refractivity contribution is 0.104. The summed E-state index contributed by atoms with van der Waals surface area (Å²) in [6, 6.07) is 21.7. The molecule has 4 rings (SSSR count). The Labute approximate surface area is 182 Å². The molecule has 0 saturated carbocycles. The summed E-state index contributed by atoms with van der Waals surface area (Å²) in [5.41, 5.74) is 5.52. The zero-order chi connectivity index (χ0) is 22.0. The van der Waals surface area contributed by atoms with Gasteiger partial charge in [-0.2, -0.15) is 0 Å². The van der Waals surface area contributed by atoms with Crippen LogP contribution in [0.1, 0.15) is 42.3 Å². The molecule has 0 unspecified atom stereocenters. The third-order valence-electron chi connectivity index (χ3n) is 5.64. The van der Waals surface area contributed by atoms with Crippen molar-refractivity contribution in [1.82, 2.24) is 4.57 Å². The van der Waals surface area contributed by atoms with Gasteiger partial charge < -0.3 is 9.77 Å². The van der Waals surface area contributed by atoms with Crippen molar-refractivity contribution in [2.24, 2.45) is 11.1 Å². The quantitative estimate of drug-likeness (QED) is 0.129. The van der Waals surface area contributed by atoms with Gasteiger partial charge >= 0.3 is 0 Å². The largest absolute Gasteiger partial charge is 0.411 e. The number of carbonyl (C=O) groups is 1. The van der Waals surface area contributed by atoms with Crippen LogP contribution in [-0.4, -0.2) is 21.3 Å². The average molecular weight is 411 g/mol. The SMILES string of the molecule is CCn1c2ccc(C=CC(=O)c3ccccc3)cc2c2cc(C(=NO)C(C)C)ccc21. The molecular weight excluding hydrogens is 384 g/mol. The first kappa shape index (κ1) is 20.6. The van der Waals surface area contributed by atoms with Gasteiger partial charge in [0.2, 0.25) is 0 Å². The molecule has 0 radical (unpaired) electrons. The van der Waals surface area contributed by atoms with Crippen molar-refractivity contribution in [3.8, 4) is 0 Å². The van der Waals surface area contributed by atoms with Crippen molar-refractivity contribution in [3.05, 3.63) is 89.5 Å². The molecule has 0 bridgehead atoms. The second kappa shape index (κ2) is 8.60. The van der Waals surface area contributed by atoms with Gasteiger partial charge in [-0.25, -0.2) is 0 Å². The fourth-order valence-corrected chi connectivity index (χ4v) is 4.10. The Kier molecular flexibility index (Phi) is 5.72. The molecule has 0 aliphatic heterocycles. The molecule has 3 aromatic carbocycles. The Bertz CT molecular complexity index is 1310. The second-order valence-corrected chi connectivity index (χ2v) is 7.96. The summed E-state index contributed by atoms with van der Waals surface area (Å²) in [5, 5.41) is 15.2. The van der Waals surface area contributed by atoms with Crippen LogP contribution in [0.4, 0.5) is 0 Å². The van der Waals surface area contributed by atoms with E-state index in [1.54, 1.807) is 6.08 Å². The fourth-order valence-electron chi connectivity index (χ4n) is 4.10. The standard InChI is InChI=1S/C27H26N2O2/c1-4-29-24-13-10-19(11-15-26(30)20-8-6-5-7-9-20)16-22(24)23-17-21(12-14-25(23)29)27(28-31)18(2)3/h5-18,31H,4H2,1-3H3. The highest BCUT2D eigenvalue weighted by Crippen LogP contribution is 2.31. The van der Waals surface area contributed by atoms with Gasteiger partial charge in [0.25, 0.3) is 0 Å². The van der Waals surface area contributed by atoms with E-state index in [2.05, 4.69) is 40.9 Å². The van der Waals surface area contributed by atoms with Crippen LogP contribution in [0.2, 0.25) is 0 Å². The highest BCUT2D eigenvalue weighted by atomic mass is 16.4. The van der Waals surface area contributed by atoms with Gasteiger partial charge in [-0.1, -0.05) is 67.5 Å². The molecule has 4 aromatic rings. The number of ketones is 1. The van der Waals surface area contributed by atoms with E-state index in [0.29, 0.717) is 11.3 Å². The predicted octanol–water partition coefficient (Wildman–Crippen LogP) is 6.54. The summed E-state index contributed by atoms with van der Waals surface area (Å²) in [5.74, 6) is 0.101. The summed E-state index contributed by atoms with van der Waals surface area (Å²) in [4.78, 5) is 12.4. The summed E-state index contributed by atoms with van der Waals surface area (Å²) < 4.78 is 2.28. The minimum atomic E-state index is -0.0142. The first-order valence-corrected chi connectivity index (χ1v) is 10.6. The third-order valence-corrected chi connectivity index (χ3v) is 5.64. The maximum absolute atomic E-state index is 12.4. The number of allylic oxidation sites excluding steroid dienone is 1. The van der Waals surface area contributed by atoms with Crippen LogP contribution in [0.15, 0.2) is 78.0 Å². The monoisotopic (exact) mass is 410 g/mol. The van der Waals surface area contributed by atoms with E-state index in [-0.39, 0.29) is 11.7 Å². The third kappa shape index (κ3) is 3.89. The van der Waals surface area contributed by atoms with Crippen LogP contribution < -0.4 is 0 Å². The molecule has 0 aliphatic carbocycles. The molecule has 0 atom stereocenters. The minimum Gasteiger partial charge on any atom is -0.411 e. The number of fused-ring (bicyclic) bond motifs is 3. The van der Waals surface area contributed by atoms with Gasteiger partial charge in [0.15, 0.2) is 5.78 Å². The Balaban J connectivity index is 1.81. The maximum atomic E-state index is 12.4. The van der Waals surface area contributed by atoms with E-state index in [1.165, 1.54) is 0 Å². The molecule has 4 heteroatoms. The Morgan fingerprint density at radius 2 is 1.65 bits per heavy atom. The van der Waals surface area contributed by atoms with E-state index in [4.69, 9.17) is 0 Å². The fraction of sp³-hybridized carbons (Fsp3) is 0.185. The van der Waals surface area contributed by atoms with Crippen LogP contribution in [0.25, 0.3) is 27.9 Å². The van der Waals surface area contributed by atoms with Crippen LogP contribution in [0.5, 0.6) is 0 Å². The minimum absolute atomic E-state index is 0.0142. The molecule has 0 fully saturated rings. The highest BCUT2D eigenvalue weighted by Gasteiger charge is 2.14. The topological polar surface area (TPSA) is 54.6 Å². The van der Waals surface area contributed by atoms with Crippen molar-refractivity contribution in [3.63, 3.8) is 0 Å². The van der Waals surface area contributed by atoms with Crippen LogP contribution >= 0.6 is 0 Å². The molecule has 0 amide bonds. The van der Waals surface area contributed by atoms with E-state index in [0.717, 1.165) is 39.5 Å². The molecule has 1 N–H and O–H groups in total. The molecule has 0 saturated heterocycles. The van der Waals surface area contributed by atoms with Gasteiger partial charge in [0.1, 0.15) is 0 Å². The van der Waals surface area contributed by atoms with Gasteiger partial charge in [-0.05, 0) is 48.7 Å². The lowest BCUT2D eigenvalue weighted by Crippen LogP contribution is -2.09. The first-order valence-electron chi connectivity index (χ1n) is 10.6. The number of nitrogens with zero attached hydrogens (tertiary/aromatic N) is 2. The number of rotatable bonds is 6. The number of benzene rings is 3. The number of carbonyl (C=O) groups excluding carboxylic acids is 1. The normalized spacial score (nSPS) is 12.5. The van der Waals surface area contributed by atoms with Crippen LogP contribution in [-0.2, 0) is 6.54 Å². The van der Waals surface area contributed by atoms with Gasteiger partial charge in [-0.3, -0.25) is 4.79 Å². The summed E-state index contributed by atoms with van der Waals surface area (Å²) in [7, 11) is 0.